The molecule has 0 aliphatic heterocycles. The number of aliphatic hydroxyl groups excluding tert-OH is 1. The fourth-order valence-electron chi connectivity index (χ4n) is 2.16. The fourth-order valence-corrected chi connectivity index (χ4v) is 2.16. The number of nitrogens with zero attached hydrogens (tertiary/aromatic N) is 1. The van der Waals surface area contributed by atoms with Crippen LogP contribution in [0.4, 0.5) is 0 Å². The van der Waals surface area contributed by atoms with Crippen LogP contribution in [0.2, 0.25) is 0 Å². The van der Waals surface area contributed by atoms with Crippen LogP contribution in [0.15, 0.2) is 5.16 Å². The summed E-state index contributed by atoms with van der Waals surface area (Å²) in [6.45, 7) is 3.64. The molecule has 0 saturated heterocycles. The molecule has 1 fully saturated rings. The Morgan fingerprint density at radius 3 is 2.67 bits per heavy atom. The summed E-state index contributed by atoms with van der Waals surface area (Å²) in [6.07, 6.45) is 2.95. The Balaban J connectivity index is 2.64. The SMILES string of the molecule is C/C(=N\O)C1CCCC1C(C)O. The largest absolute Gasteiger partial charge is 0.411 e. The van der Waals surface area contributed by atoms with Crippen molar-refractivity contribution in [2.75, 3.05) is 0 Å². The van der Waals surface area contributed by atoms with Crippen LogP contribution in [-0.4, -0.2) is 22.1 Å². The third kappa shape index (κ3) is 1.78. The van der Waals surface area contributed by atoms with Crippen molar-refractivity contribution in [3.63, 3.8) is 0 Å². The summed E-state index contributed by atoms with van der Waals surface area (Å²) >= 11 is 0. The third-order valence-electron chi connectivity index (χ3n) is 2.88. The minimum Gasteiger partial charge on any atom is -0.411 e. The Labute approximate surface area is 73.1 Å². The lowest BCUT2D eigenvalue weighted by molar-refractivity contribution is 0.116. The van der Waals surface area contributed by atoms with Crippen molar-refractivity contribution in [2.24, 2.45) is 17.0 Å². The smallest absolute Gasteiger partial charge is 0.0574 e. The average Bonchev–Trinajstić information content (AvgIpc) is 2.50. The van der Waals surface area contributed by atoms with Crippen molar-refractivity contribution in [3.05, 3.63) is 0 Å². The van der Waals surface area contributed by atoms with Crippen LogP contribution in [0.3, 0.4) is 0 Å². The van der Waals surface area contributed by atoms with Gasteiger partial charge < -0.3 is 10.3 Å². The predicted molar refractivity (Wildman–Crippen MR) is 47.4 cm³/mol. The molecular formula is C9H17NO2. The Hall–Kier alpha value is -0.570. The van der Waals surface area contributed by atoms with E-state index in [0.717, 1.165) is 25.0 Å². The average molecular weight is 171 g/mol. The van der Waals surface area contributed by atoms with Gasteiger partial charge in [0.25, 0.3) is 0 Å². The summed E-state index contributed by atoms with van der Waals surface area (Å²) in [6, 6.07) is 0. The van der Waals surface area contributed by atoms with Crippen LogP contribution in [0.1, 0.15) is 33.1 Å². The van der Waals surface area contributed by atoms with Gasteiger partial charge in [-0.3, -0.25) is 0 Å². The number of hydrogen-bond acceptors (Lipinski definition) is 3. The highest BCUT2D eigenvalue weighted by molar-refractivity contribution is 5.84. The molecule has 12 heavy (non-hydrogen) atoms. The van der Waals surface area contributed by atoms with Crippen molar-refractivity contribution >= 4 is 5.71 Å². The molecule has 3 atom stereocenters. The van der Waals surface area contributed by atoms with E-state index in [1.807, 2.05) is 13.8 Å². The lowest BCUT2D eigenvalue weighted by atomic mass is 9.88. The Bertz CT molecular complexity index is 177. The standard InChI is InChI=1S/C9H17NO2/c1-6(10-12)8-4-3-5-9(8)7(2)11/h7-9,11-12H,3-5H2,1-2H3/b10-6+. The zero-order valence-corrected chi connectivity index (χ0v) is 7.70. The Kier molecular flexibility index (Phi) is 3.09. The highest BCUT2D eigenvalue weighted by Crippen LogP contribution is 2.34. The molecule has 3 unspecified atom stereocenters. The van der Waals surface area contributed by atoms with Gasteiger partial charge in [-0.05, 0) is 32.6 Å². The number of rotatable bonds is 2. The molecule has 1 aliphatic carbocycles. The minimum absolute atomic E-state index is 0.283. The van der Waals surface area contributed by atoms with Gasteiger partial charge in [-0.1, -0.05) is 11.6 Å². The second-order valence-electron chi connectivity index (χ2n) is 3.68. The molecule has 1 saturated carbocycles. The van der Waals surface area contributed by atoms with Crippen molar-refractivity contribution in [3.8, 4) is 0 Å². The zero-order valence-electron chi connectivity index (χ0n) is 7.70. The van der Waals surface area contributed by atoms with Crippen molar-refractivity contribution in [2.45, 2.75) is 39.2 Å². The maximum absolute atomic E-state index is 9.43. The van der Waals surface area contributed by atoms with Crippen LogP contribution < -0.4 is 0 Å². The maximum Gasteiger partial charge on any atom is 0.0574 e. The second kappa shape index (κ2) is 3.90. The van der Waals surface area contributed by atoms with E-state index in [-0.39, 0.29) is 12.0 Å². The van der Waals surface area contributed by atoms with Gasteiger partial charge in [-0.25, -0.2) is 0 Å². The maximum atomic E-state index is 9.43. The van der Waals surface area contributed by atoms with Crippen LogP contribution in [0.25, 0.3) is 0 Å². The molecule has 0 aromatic heterocycles. The molecule has 3 nitrogen and oxygen atoms in total. The third-order valence-corrected chi connectivity index (χ3v) is 2.88. The van der Waals surface area contributed by atoms with Gasteiger partial charge in [0, 0.05) is 5.92 Å². The topological polar surface area (TPSA) is 52.8 Å². The number of oxime groups is 1. The van der Waals surface area contributed by atoms with E-state index in [1.54, 1.807) is 0 Å². The molecule has 0 bridgehead atoms. The summed E-state index contributed by atoms with van der Waals surface area (Å²) in [5.41, 5.74) is 0.762. The van der Waals surface area contributed by atoms with E-state index in [2.05, 4.69) is 5.16 Å². The van der Waals surface area contributed by atoms with E-state index in [1.165, 1.54) is 0 Å². The molecule has 0 heterocycles. The normalized spacial score (nSPS) is 33.8. The first-order valence-electron chi connectivity index (χ1n) is 4.53. The van der Waals surface area contributed by atoms with Gasteiger partial charge in [0.15, 0.2) is 0 Å². The summed E-state index contributed by atoms with van der Waals surface area (Å²) in [5.74, 6) is 0.580. The van der Waals surface area contributed by atoms with Gasteiger partial charge in [0.1, 0.15) is 0 Å². The first-order chi connectivity index (χ1) is 5.66. The fraction of sp³-hybridized carbons (Fsp3) is 0.889. The van der Waals surface area contributed by atoms with Gasteiger partial charge in [0.2, 0.25) is 0 Å². The molecule has 0 spiro atoms. The molecule has 0 radical (unpaired) electrons. The van der Waals surface area contributed by atoms with E-state index in [4.69, 9.17) is 5.21 Å². The first kappa shape index (κ1) is 9.52. The predicted octanol–water partition coefficient (Wildman–Crippen LogP) is 1.63. The van der Waals surface area contributed by atoms with Crippen LogP contribution in [-0.2, 0) is 0 Å². The van der Waals surface area contributed by atoms with Crippen LogP contribution in [0, 0.1) is 11.8 Å². The molecule has 0 aromatic carbocycles. The van der Waals surface area contributed by atoms with Crippen molar-refractivity contribution in [1.82, 2.24) is 0 Å². The Morgan fingerprint density at radius 2 is 2.17 bits per heavy atom. The molecule has 2 N–H and O–H groups in total. The van der Waals surface area contributed by atoms with E-state index in [0.29, 0.717) is 5.92 Å². The summed E-state index contributed by atoms with van der Waals surface area (Å²) < 4.78 is 0. The van der Waals surface area contributed by atoms with Crippen LogP contribution in [0.5, 0.6) is 0 Å². The lowest BCUT2D eigenvalue weighted by Gasteiger charge is -2.20. The number of aliphatic hydroxyl groups is 1. The highest BCUT2D eigenvalue weighted by atomic mass is 16.4. The van der Waals surface area contributed by atoms with Gasteiger partial charge in [-0.15, -0.1) is 0 Å². The summed E-state index contributed by atoms with van der Waals surface area (Å²) in [4.78, 5) is 0. The van der Waals surface area contributed by atoms with E-state index in [9.17, 15) is 5.11 Å². The molecular weight excluding hydrogens is 154 g/mol. The molecule has 1 rings (SSSR count). The van der Waals surface area contributed by atoms with E-state index < -0.39 is 0 Å². The summed E-state index contributed by atoms with van der Waals surface area (Å²) in [5, 5.41) is 21.2. The molecule has 0 amide bonds. The first-order valence-corrected chi connectivity index (χ1v) is 4.53. The van der Waals surface area contributed by atoms with E-state index >= 15 is 0 Å². The lowest BCUT2D eigenvalue weighted by Crippen LogP contribution is -2.25. The van der Waals surface area contributed by atoms with Crippen LogP contribution >= 0.6 is 0 Å². The second-order valence-corrected chi connectivity index (χ2v) is 3.68. The zero-order chi connectivity index (χ0) is 9.14. The monoisotopic (exact) mass is 171 g/mol. The van der Waals surface area contributed by atoms with Gasteiger partial charge in [-0.2, -0.15) is 0 Å². The minimum atomic E-state index is -0.283. The molecule has 1 aliphatic rings. The van der Waals surface area contributed by atoms with Crippen molar-refractivity contribution < 1.29 is 10.3 Å². The molecule has 0 aromatic rings. The quantitative estimate of drug-likeness (QED) is 0.377. The number of hydrogen-bond donors (Lipinski definition) is 2. The molecule has 3 heteroatoms. The summed E-state index contributed by atoms with van der Waals surface area (Å²) in [7, 11) is 0. The van der Waals surface area contributed by atoms with Crippen molar-refractivity contribution in [1.29, 1.82) is 0 Å². The van der Waals surface area contributed by atoms with Gasteiger partial charge in [0.05, 0.1) is 11.8 Å². The Morgan fingerprint density at radius 1 is 1.50 bits per heavy atom. The van der Waals surface area contributed by atoms with Gasteiger partial charge >= 0.3 is 0 Å². The molecule has 70 valence electrons. The highest BCUT2D eigenvalue weighted by Gasteiger charge is 2.32.